The molecule has 2 rings (SSSR count). The number of carbonyl (C=O) groups excluding carboxylic acids is 1. The lowest BCUT2D eigenvalue weighted by Crippen LogP contribution is -2.34. The standard InChI is InChI=1S/C15H26O2/c1-2-3-4-9-13-10-11-14(15(16)17-13)12-7-5-6-8-12/h12-14H,2-11H2,1H3. The zero-order valence-corrected chi connectivity index (χ0v) is 11.1. The molecular formula is C15H26O2. The summed E-state index contributed by atoms with van der Waals surface area (Å²) in [5.41, 5.74) is 0. The van der Waals surface area contributed by atoms with Gasteiger partial charge in [-0.15, -0.1) is 0 Å². The first-order valence-electron chi connectivity index (χ1n) is 7.51. The van der Waals surface area contributed by atoms with E-state index in [4.69, 9.17) is 4.74 Å². The Morgan fingerprint density at radius 3 is 2.53 bits per heavy atom. The van der Waals surface area contributed by atoms with Gasteiger partial charge in [-0.05, 0) is 44.4 Å². The Balaban J connectivity index is 1.74. The van der Waals surface area contributed by atoms with Crippen molar-refractivity contribution in [1.82, 2.24) is 0 Å². The van der Waals surface area contributed by atoms with Gasteiger partial charge in [-0.3, -0.25) is 4.79 Å². The van der Waals surface area contributed by atoms with Crippen molar-refractivity contribution in [3.63, 3.8) is 0 Å². The third-order valence-electron chi connectivity index (χ3n) is 4.48. The Bertz CT molecular complexity index is 243. The van der Waals surface area contributed by atoms with E-state index in [1.807, 2.05) is 0 Å². The highest BCUT2D eigenvalue weighted by atomic mass is 16.5. The van der Waals surface area contributed by atoms with Crippen LogP contribution in [0.2, 0.25) is 0 Å². The molecule has 1 aliphatic carbocycles. The van der Waals surface area contributed by atoms with Crippen LogP contribution in [0, 0.1) is 11.8 Å². The summed E-state index contributed by atoms with van der Waals surface area (Å²) in [6.07, 6.45) is 12.3. The van der Waals surface area contributed by atoms with Gasteiger partial charge in [-0.2, -0.15) is 0 Å². The molecule has 2 fully saturated rings. The molecule has 1 saturated heterocycles. The van der Waals surface area contributed by atoms with Crippen LogP contribution in [0.1, 0.15) is 71.1 Å². The second-order valence-electron chi connectivity index (χ2n) is 5.78. The zero-order valence-electron chi connectivity index (χ0n) is 11.1. The summed E-state index contributed by atoms with van der Waals surface area (Å²) in [6.45, 7) is 2.21. The Morgan fingerprint density at radius 1 is 1.12 bits per heavy atom. The van der Waals surface area contributed by atoms with E-state index in [0.717, 1.165) is 19.3 Å². The largest absolute Gasteiger partial charge is 0.462 e. The van der Waals surface area contributed by atoms with E-state index in [1.165, 1.54) is 44.9 Å². The van der Waals surface area contributed by atoms with Crippen LogP contribution in [0.25, 0.3) is 0 Å². The van der Waals surface area contributed by atoms with Crippen molar-refractivity contribution in [2.75, 3.05) is 0 Å². The molecule has 1 saturated carbocycles. The minimum absolute atomic E-state index is 0.115. The van der Waals surface area contributed by atoms with Gasteiger partial charge in [0.05, 0.1) is 5.92 Å². The highest BCUT2D eigenvalue weighted by Crippen LogP contribution is 2.37. The molecule has 2 unspecified atom stereocenters. The lowest BCUT2D eigenvalue weighted by Gasteiger charge is -2.31. The van der Waals surface area contributed by atoms with Gasteiger partial charge >= 0.3 is 5.97 Å². The number of hydrogen-bond acceptors (Lipinski definition) is 2. The Labute approximate surface area is 105 Å². The predicted octanol–water partition coefficient (Wildman–Crippen LogP) is 4.08. The number of unbranched alkanes of at least 4 members (excludes halogenated alkanes) is 2. The molecule has 2 atom stereocenters. The second-order valence-corrected chi connectivity index (χ2v) is 5.78. The monoisotopic (exact) mass is 238 g/mol. The fourth-order valence-electron chi connectivity index (χ4n) is 3.41. The Hall–Kier alpha value is -0.530. The Morgan fingerprint density at radius 2 is 1.88 bits per heavy atom. The van der Waals surface area contributed by atoms with E-state index < -0.39 is 0 Å². The molecule has 0 aromatic carbocycles. The van der Waals surface area contributed by atoms with Crippen LogP contribution in [0.15, 0.2) is 0 Å². The van der Waals surface area contributed by atoms with Gasteiger partial charge < -0.3 is 4.74 Å². The first-order valence-corrected chi connectivity index (χ1v) is 7.51. The minimum atomic E-state index is 0.115. The molecule has 2 nitrogen and oxygen atoms in total. The van der Waals surface area contributed by atoms with Crippen LogP contribution in [0.5, 0.6) is 0 Å². The molecule has 0 spiro atoms. The number of esters is 1. The van der Waals surface area contributed by atoms with Crippen molar-refractivity contribution in [2.45, 2.75) is 77.2 Å². The highest BCUT2D eigenvalue weighted by Gasteiger charge is 2.36. The summed E-state index contributed by atoms with van der Waals surface area (Å²) in [5.74, 6) is 0.990. The maximum Gasteiger partial charge on any atom is 0.309 e. The fourth-order valence-corrected chi connectivity index (χ4v) is 3.41. The van der Waals surface area contributed by atoms with Crippen molar-refractivity contribution in [3.05, 3.63) is 0 Å². The van der Waals surface area contributed by atoms with E-state index in [-0.39, 0.29) is 18.0 Å². The summed E-state index contributed by atoms with van der Waals surface area (Å²) < 4.78 is 5.62. The van der Waals surface area contributed by atoms with Gasteiger partial charge in [0.2, 0.25) is 0 Å². The topological polar surface area (TPSA) is 26.3 Å². The van der Waals surface area contributed by atoms with Crippen LogP contribution < -0.4 is 0 Å². The van der Waals surface area contributed by atoms with Crippen LogP contribution in [0.4, 0.5) is 0 Å². The van der Waals surface area contributed by atoms with Crippen LogP contribution in [-0.4, -0.2) is 12.1 Å². The van der Waals surface area contributed by atoms with E-state index in [9.17, 15) is 4.79 Å². The number of cyclic esters (lactones) is 1. The molecule has 0 amide bonds. The highest BCUT2D eigenvalue weighted by molar-refractivity contribution is 5.73. The molecule has 1 heterocycles. The van der Waals surface area contributed by atoms with Crippen LogP contribution >= 0.6 is 0 Å². The summed E-state index contributed by atoms with van der Waals surface area (Å²) in [6, 6.07) is 0. The number of carbonyl (C=O) groups is 1. The van der Waals surface area contributed by atoms with E-state index in [2.05, 4.69) is 6.92 Å². The van der Waals surface area contributed by atoms with Gasteiger partial charge in [-0.1, -0.05) is 32.6 Å². The van der Waals surface area contributed by atoms with Crippen molar-refractivity contribution < 1.29 is 9.53 Å². The van der Waals surface area contributed by atoms with E-state index in [0.29, 0.717) is 5.92 Å². The van der Waals surface area contributed by atoms with Gasteiger partial charge in [0, 0.05) is 0 Å². The van der Waals surface area contributed by atoms with Gasteiger partial charge in [0.1, 0.15) is 6.10 Å². The predicted molar refractivity (Wildman–Crippen MR) is 68.7 cm³/mol. The minimum Gasteiger partial charge on any atom is -0.462 e. The number of rotatable bonds is 5. The Kier molecular flexibility index (Phi) is 4.87. The first kappa shape index (κ1) is 12.9. The third kappa shape index (κ3) is 3.46. The molecule has 0 N–H and O–H groups in total. The average molecular weight is 238 g/mol. The lowest BCUT2D eigenvalue weighted by molar-refractivity contribution is -0.163. The second kappa shape index (κ2) is 6.42. The molecular weight excluding hydrogens is 212 g/mol. The summed E-state index contributed by atoms with van der Waals surface area (Å²) in [5, 5.41) is 0. The van der Waals surface area contributed by atoms with Crippen LogP contribution in [0.3, 0.4) is 0 Å². The summed E-state index contributed by atoms with van der Waals surface area (Å²) in [7, 11) is 0. The van der Waals surface area contributed by atoms with Gasteiger partial charge in [-0.25, -0.2) is 0 Å². The average Bonchev–Trinajstić information content (AvgIpc) is 2.83. The van der Waals surface area contributed by atoms with Crippen LogP contribution in [-0.2, 0) is 9.53 Å². The summed E-state index contributed by atoms with van der Waals surface area (Å²) in [4.78, 5) is 12.0. The molecule has 0 aromatic heterocycles. The molecule has 0 radical (unpaired) electrons. The molecule has 98 valence electrons. The van der Waals surface area contributed by atoms with Crippen molar-refractivity contribution in [2.24, 2.45) is 11.8 Å². The summed E-state index contributed by atoms with van der Waals surface area (Å²) >= 11 is 0. The normalized spacial score (nSPS) is 30.5. The first-order chi connectivity index (χ1) is 8.31. The van der Waals surface area contributed by atoms with E-state index >= 15 is 0 Å². The van der Waals surface area contributed by atoms with E-state index in [1.54, 1.807) is 0 Å². The van der Waals surface area contributed by atoms with Gasteiger partial charge in [0.15, 0.2) is 0 Å². The molecule has 17 heavy (non-hydrogen) atoms. The number of ether oxygens (including phenoxy) is 1. The van der Waals surface area contributed by atoms with Crippen molar-refractivity contribution in [1.29, 1.82) is 0 Å². The fraction of sp³-hybridized carbons (Fsp3) is 0.933. The maximum atomic E-state index is 12.0. The molecule has 0 aromatic rings. The zero-order chi connectivity index (χ0) is 12.1. The van der Waals surface area contributed by atoms with Gasteiger partial charge in [0.25, 0.3) is 0 Å². The quantitative estimate of drug-likeness (QED) is 0.533. The molecule has 2 aliphatic rings. The molecule has 1 aliphatic heterocycles. The maximum absolute atomic E-state index is 12.0. The third-order valence-corrected chi connectivity index (χ3v) is 4.48. The molecule has 0 bridgehead atoms. The number of hydrogen-bond donors (Lipinski definition) is 0. The molecule has 2 heteroatoms. The lowest BCUT2D eigenvalue weighted by atomic mass is 9.84. The van der Waals surface area contributed by atoms with Crippen molar-refractivity contribution >= 4 is 5.97 Å². The van der Waals surface area contributed by atoms with Crippen molar-refractivity contribution in [3.8, 4) is 0 Å². The SMILES string of the molecule is CCCCCC1CCC(C2CCCC2)C(=O)O1. The smallest absolute Gasteiger partial charge is 0.309 e.